The van der Waals surface area contributed by atoms with Crippen molar-refractivity contribution in [1.82, 2.24) is 20.2 Å². The van der Waals surface area contributed by atoms with Crippen molar-refractivity contribution in [2.45, 2.75) is 6.54 Å². The van der Waals surface area contributed by atoms with Gasteiger partial charge in [0.2, 0.25) is 5.95 Å². The summed E-state index contributed by atoms with van der Waals surface area (Å²) < 4.78 is 0. The van der Waals surface area contributed by atoms with Crippen LogP contribution in [0.1, 0.15) is 5.69 Å². The lowest BCUT2D eigenvalue weighted by Crippen LogP contribution is -2.14. The molecule has 100 valence electrons. The lowest BCUT2D eigenvalue weighted by Gasteiger charge is -2.05. The van der Waals surface area contributed by atoms with Gasteiger partial charge < -0.3 is 11.1 Å². The molecule has 0 fully saturated rings. The molecule has 0 aliphatic heterocycles. The summed E-state index contributed by atoms with van der Waals surface area (Å²) in [5.74, 6) is 0.387. The molecule has 0 saturated carbocycles. The van der Waals surface area contributed by atoms with Crippen LogP contribution in [0.3, 0.4) is 0 Å². The topological polar surface area (TPSA) is 110 Å². The maximum Gasteiger partial charge on any atom is 0.260 e. The zero-order valence-corrected chi connectivity index (χ0v) is 10.5. The largest absolute Gasteiger partial charge is 0.399 e. The number of anilines is 2. The SMILES string of the molecule is Nc1ccc2nc(NCc3cccnn3)[nH]c(=O)c2c1. The van der Waals surface area contributed by atoms with E-state index in [1.54, 1.807) is 30.5 Å². The van der Waals surface area contributed by atoms with Crippen LogP contribution >= 0.6 is 0 Å². The molecule has 0 radical (unpaired) electrons. The van der Waals surface area contributed by atoms with Gasteiger partial charge in [0, 0.05) is 11.9 Å². The van der Waals surface area contributed by atoms with Crippen molar-refractivity contribution in [3.05, 3.63) is 52.6 Å². The van der Waals surface area contributed by atoms with Crippen molar-refractivity contribution < 1.29 is 0 Å². The third-order valence-electron chi connectivity index (χ3n) is 2.79. The second-order valence-electron chi connectivity index (χ2n) is 4.26. The average molecular weight is 268 g/mol. The number of hydrogen-bond acceptors (Lipinski definition) is 6. The number of aromatic amines is 1. The summed E-state index contributed by atoms with van der Waals surface area (Å²) in [5.41, 5.74) is 7.30. The van der Waals surface area contributed by atoms with Crippen LogP contribution < -0.4 is 16.6 Å². The highest BCUT2D eigenvalue weighted by atomic mass is 16.1. The maximum absolute atomic E-state index is 11.9. The first-order valence-corrected chi connectivity index (χ1v) is 6.02. The van der Waals surface area contributed by atoms with Crippen molar-refractivity contribution in [3.8, 4) is 0 Å². The van der Waals surface area contributed by atoms with Gasteiger partial charge in [0.1, 0.15) is 0 Å². The highest BCUT2D eigenvalue weighted by Crippen LogP contribution is 2.12. The quantitative estimate of drug-likeness (QED) is 0.609. The van der Waals surface area contributed by atoms with Crippen LogP contribution in [0.4, 0.5) is 11.6 Å². The summed E-state index contributed by atoms with van der Waals surface area (Å²) in [4.78, 5) is 18.9. The van der Waals surface area contributed by atoms with Gasteiger partial charge in [-0.3, -0.25) is 9.78 Å². The number of hydrogen-bond donors (Lipinski definition) is 3. The number of fused-ring (bicyclic) bond motifs is 1. The first-order chi connectivity index (χ1) is 9.72. The second kappa shape index (κ2) is 4.96. The molecule has 4 N–H and O–H groups in total. The fourth-order valence-electron chi connectivity index (χ4n) is 1.84. The summed E-state index contributed by atoms with van der Waals surface area (Å²) in [6.07, 6.45) is 1.60. The van der Waals surface area contributed by atoms with Crippen molar-refractivity contribution in [3.63, 3.8) is 0 Å². The zero-order valence-electron chi connectivity index (χ0n) is 10.5. The molecule has 0 bridgehead atoms. The van der Waals surface area contributed by atoms with Crippen LogP contribution in [0.25, 0.3) is 10.9 Å². The van der Waals surface area contributed by atoms with E-state index in [9.17, 15) is 4.79 Å². The van der Waals surface area contributed by atoms with Gasteiger partial charge in [-0.2, -0.15) is 10.2 Å². The van der Waals surface area contributed by atoms with Gasteiger partial charge in [0.15, 0.2) is 0 Å². The van der Waals surface area contributed by atoms with Gasteiger partial charge in [-0.05, 0) is 30.3 Å². The van der Waals surface area contributed by atoms with E-state index in [4.69, 9.17) is 5.73 Å². The predicted molar refractivity (Wildman–Crippen MR) is 76.1 cm³/mol. The van der Waals surface area contributed by atoms with E-state index >= 15 is 0 Å². The molecule has 2 aromatic heterocycles. The number of rotatable bonds is 3. The Balaban J connectivity index is 1.89. The maximum atomic E-state index is 11.9. The highest BCUT2D eigenvalue weighted by molar-refractivity contribution is 5.81. The van der Waals surface area contributed by atoms with Crippen molar-refractivity contribution in [1.29, 1.82) is 0 Å². The van der Waals surface area contributed by atoms with Crippen LogP contribution in [0, 0.1) is 0 Å². The van der Waals surface area contributed by atoms with E-state index in [0.717, 1.165) is 5.69 Å². The summed E-state index contributed by atoms with van der Waals surface area (Å²) >= 11 is 0. The second-order valence-corrected chi connectivity index (χ2v) is 4.26. The molecule has 3 rings (SSSR count). The Kier molecular flexibility index (Phi) is 3.00. The van der Waals surface area contributed by atoms with Gasteiger partial charge in [-0.15, -0.1) is 0 Å². The van der Waals surface area contributed by atoms with E-state index in [1.807, 2.05) is 6.07 Å². The predicted octanol–water partition coefficient (Wildman–Crippen LogP) is 0.907. The standard InChI is InChI=1S/C13H12N6O/c14-8-3-4-11-10(6-8)12(20)18-13(17-11)15-7-9-2-1-5-16-19-9/h1-6H,7,14H2,(H2,15,17,18,20). The number of aromatic nitrogens is 4. The minimum Gasteiger partial charge on any atom is -0.399 e. The van der Waals surface area contributed by atoms with Crippen molar-refractivity contribution in [2.24, 2.45) is 0 Å². The molecule has 0 atom stereocenters. The lowest BCUT2D eigenvalue weighted by atomic mass is 10.2. The number of nitrogens with two attached hydrogens (primary N) is 1. The molecule has 0 amide bonds. The molecule has 20 heavy (non-hydrogen) atoms. The van der Waals surface area contributed by atoms with Gasteiger partial charge in [0.25, 0.3) is 5.56 Å². The number of benzene rings is 1. The molecule has 0 unspecified atom stereocenters. The van der Waals surface area contributed by atoms with E-state index < -0.39 is 0 Å². The Labute approximate surface area is 113 Å². The van der Waals surface area contributed by atoms with Crippen LogP contribution in [0.15, 0.2) is 41.3 Å². The van der Waals surface area contributed by atoms with E-state index in [-0.39, 0.29) is 5.56 Å². The molecule has 7 nitrogen and oxygen atoms in total. The van der Waals surface area contributed by atoms with E-state index in [0.29, 0.717) is 29.1 Å². The van der Waals surface area contributed by atoms with Gasteiger partial charge in [-0.1, -0.05) is 0 Å². The van der Waals surface area contributed by atoms with Crippen LogP contribution in [0.2, 0.25) is 0 Å². The smallest absolute Gasteiger partial charge is 0.260 e. The van der Waals surface area contributed by atoms with Gasteiger partial charge in [0.05, 0.1) is 23.1 Å². The summed E-state index contributed by atoms with van der Waals surface area (Å²) in [5, 5.41) is 11.2. The van der Waals surface area contributed by atoms with Gasteiger partial charge in [-0.25, -0.2) is 4.98 Å². The van der Waals surface area contributed by atoms with Crippen LogP contribution in [-0.2, 0) is 6.54 Å². The highest BCUT2D eigenvalue weighted by Gasteiger charge is 2.04. The molecular weight excluding hydrogens is 256 g/mol. The Hall–Kier alpha value is -2.96. The van der Waals surface area contributed by atoms with Crippen molar-refractivity contribution >= 4 is 22.5 Å². The minimum absolute atomic E-state index is 0.232. The molecular formula is C13H12N6O. The van der Waals surface area contributed by atoms with Crippen molar-refractivity contribution in [2.75, 3.05) is 11.1 Å². The first-order valence-electron chi connectivity index (χ1n) is 6.02. The Morgan fingerprint density at radius 2 is 2.20 bits per heavy atom. The summed E-state index contributed by atoms with van der Waals surface area (Å²) in [6, 6.07) is 8.66. The monoisotopic (exact) mass is 268 g/mol. The zero-order chi connectivity index (χ0) is 13.9. The van der Waals surface area contributed by atoms with Crippen LogP contribution in [-0.4, -0.2) is 20.2 Å². The molecule has 0 spiro atoms. The molecule has 7 heteroatoms. The number of H-pyrrole nitrogens is 1. The summed E-state index contributed by atoms with van der Waals surface area (Å²) in [7, 11) is 0. The molecule has 2 heterocycles. The Morgan fingerprint density at radius 1 is 1.30 bits per heavy atom. The lowest BCUT2D eigenvalue weighted by molar-refractivity contribution is 0.914. The number of nitrogens with one attached hydrogen (secondary N) is 2. The Bertz CT molecular complexity index is 799. The van der Waals surface area contributed by atoms with E-state index in [2.05, 4.69) is 25.5 Å². The normalized spacial score (nSPS) is 10.6. The Morgan fingerprint density at radius 3 is 3.00 bits per heavy atom. The third kappa shape index (κ3) is 2.41. The first kappa shape index (κ1) is 12.1. The fraction of sp³-hybridized carbons (Fsp3) is 0.0769. The third-order valence-corrected chi connectivity index (χ3v) is 2.79. The summed E-state index contributed by atoms with van der Waals surface area (Å²) in [6.45, 7) is 0.428. The molecule has 3 aromatic rings. The minimum atomic E-state index is -0.232. The average Bonchev–Trinajstić information content (AvgIpc) is 2.47. The van der Waals surface area contributed by atoms with E-state index in [1.165, 1.54) is 0 Å². The molecule has 0 saturated heterocycles. The molecule has 0 aliphatic carbocycles. The van der Waals surface area contributed by atoms with Gasteiger partial charge >= 0.3 is 0 Å². The molecule has 0 aliphatic rings. The van der Waals surface area contributed by atoms with Crippen LogP contribution in [0.5, 0.6) is 0 Å². The fourth-order valence-corrected chi connectivity index (χ4v) is 1.84. The number of nitrogen functional groups attached to an aromatic ring is 1. The molecule has 1 aromatic carbocycles. The number of nitrogens with zero attached hydrogens (tertiary/aromatic N) is 3.